The van der Waals surface area contributed by atoms with Gasteiger partial charge in [0.1, 0.15) is 5.75 Å². The van der Waals surface area contributed by atoms with Gasteiger partial charge in [0.05, 0.1) is 11.5 Å². The topological polar surface area (TPSA) is 88.5 Å². The summed E-state index contributed by atoms with van der Waals surface area (Å²) in [4.78, 5) is 30.2. The van der Waals surface area contributed by atoms with Crippen molar-refractivity contribution in [2.24, 2.45) is 0 Å². The maximum Gasteiger partial charge on any atom is 0.275 e. The third-order valence-electron chi connectivity index (χ3n) is 6.99. The van der Waals surface area contributed by atoms with Crippen molar-refractivity contribution in [1.29, 1.82) is 0 Å². The molecule has 7 nitrogen and oxygen atoms in total. The molecule has 1 amide bonds. The van der Waals surface area contributed by atoms with E-state index in [-0.39, 0.29) is 16.5 Å². The van der Waals surface area contributed by atoms with Gasteiger partial charge in [0.25, 0.3) is 11.6 Å². The molecule has 3 heterocycles. The van der Waals surface area contributed by atoms with Gasteiger partial charge < -0.3 is 14.6 Å². The van der Waals surface area contributed by atoms with Crippen molar-refractivity contribution in [3.05, 3.63) is 67.9 Å². The highest BCUT2D eigenvalue weighted by Crippen LogP contribution is 2.46. The first-order valence-electron chi connectivity index (χ1n) is 10.5. The summed E-state index contributed by atoms with van der Waals surface area (Å²) in [6, 6.07) is 8.20. The molecule has 1 aromatic heterocycles. The number of nitro benzene ring substituents is 1. The largest absolute Gasteiger partial charge is 0.477 e. The lowest BCUT2D eigenvalue weighted by Gasteiger charge is -2.33. The minimum atomic E-state index is -1.07. The first-order valence-corrected chi connectivity index (χ1v) is 10.5. The third-order valence-corrected chi connectivity index (χ3v) is 6.99. The Labute approximate surface area is 180 Å². The fraction of sp³-hybridized carbons (Fsp3) is 0.375. The molecule has 0 spiro atoms. The Bertz CT molecular complexity index is 1280. The standard InChI is InChI=1S/C24H25N3O4/c1-13-14(2)22-18(15(3)21(13)27(29)30)11-24(4,31-22)23(28)26-10-9-17-16-7-5-6-8-19(16)25-20(17)12-26/h5-8,25H,9-12H2,1-4H3. The van der Waals surface area contributed by atoms with Gasteiger partial charge >= 0.3 is 0 Å². The van der Waals surface area contributed by atoms with Crippen LogP contribution in [0.2, 0.25) is 0 Å². The summed E-state index contributed by atoms with van der Waals surface area (Å²) in [5.74, 6) is 0.548. The van der Waals surface area contributed by atoms with Crippen LogP contribution in [0.15, 0.2) is 24.3 Å². The van der Waals surface area contributed by atoms with Gasteiger partial charge in [-0.1, -0.05) is 18.2 Å². The predicted molar refractivity (Wildman–Crippen MR) is 117 cm³/mol. The van der Waals surface area contributed by atoms with E-state index in [1.165, 1.54) is 10.9 Å². The molecular formula is C24H25N3O4. The molecule has 7 heteroatoms. The van der Waals surface area contributed by atoms with E-state index in [0.717, 1.165) is 28.8 Å². The van der Waals surface area contributed by atoms with Gasteiger partial charge in [0.15, 0.2) is 5.60 Å². The molecule has 0 radical (unpaired) electrons. The second kappa shape index (κ2) is 6.57. The van der Waals surface area contributed by atoms with E-state index in [2.05, 4.69) is 17.1 Å². The summed E-state index contributed by atoms with van der Waals surface area (Å²) in [5, 5.41) is 12.8. The number of para-hydroxylation sites is 1. The number of benzene rings is 2. The maximum absolute atomic E-state index is 13.6. The highest BCUT2D eigenvalue weighted by Gasteiger charge is 2.47. The quantitative estimate of drug-likeness (QED) is 0.496. The number of nitro groups is 1. The Balaban J connectivity index is 1.46. The number of nitrogens with zero attached hydrogens (tertiary/aromatic N) is 2. The van der Waals surface area contributed by atoms with Crippen LogP contribution >= 0.6 is 0 Å². The molecule has 160 valence electrons. The molecule has 2 aliphatic heterocycles. The highest BCUT2D eigenvalue weighted by molar-refractivity contribution is 5.89. The molecule has 5 rings (SSSR count). The number of hydrogen-bond acceptors (Lipinski definition) is 4. The van der Waals surface area contributed by atoms with Crippen LogP contribution < -0.4 is 4.74 Å². The van der Waals surface area contributed by atoms with Gasteiger partial charge in [0, 0.05) is 51.8 Å². The fourth-order valence-corrected chi connectivity index (χ4v) is 5.21. The molecule has 0 bridgehead atoms. The molecule has 31 heavy (non-hydrogen) atoms. The van der Waals surface area contributed by atoms with Crippen LogP contribution in [0.4, 0.5) is 5.69 Å². The zero-order chi connectivity index (χ0) is 22.1. The van der Waals surface area contributed by atoms with Crippen LogP contribution in [0.25, 0.3) is 10.9 Å². The average molecular weight is 419 g/mol. The van der Waals surface area contributed by atoms with Crippen LogP contribution in [0.5, 0.6) is 5.75 Å². The number of aromatic nitrogens is 1. The Morgan fingerprint density at radius 2 is 1.90 bits per heavy atom. The van der Waals surface area contributed by atoms with Crippen molar-refractivity contribution >= 4 is 22.5 Å². The molecule has 3 aromatic rings. The Kier molecular flexibility index (Phi) is 4.16. The summed E-state index contributed by atoms with van der Waals surface area (Å²) >= 11 is 0. The molecule has 1 unspecified atom stereocenters. The van der Waals surface area contributed by atoms with Crippen LogP contribution in [0, 0.1) is 30.9 Å². The van der Waals surface area contributed by atoms with Gasteiger partial charge in [-0.2, -0.15) is 0 Å². The van der Waals surface area contributed by atoms with Crippen molar-refractivity contribution in [3.8, 4) is 5.75 Å². The van der Waals surface area contributed by atoms with E-state index in [1.807, 2.05) is 24.0 Å². The smallest absolute Gasteiger partial charge is 0.275 e. The summed E-state index contributed by atoms with van der Waals surface area (Å²) in [7, 11) is 0. The molecule has 0 fully saturated rings. The Morgan fingerprint density at radius 1 is 1.16 bits per heavy atom. The molecule has 2 aliphatic rings. The van der Waals surface area contributed by atoms with Gasteiger partial charge in [-0.05, 0) is 45.7 Å². The molecule has 0 aliphatic carbocycles. The minimum absolute atomic E-state index is 0.0767. The second-order valence-electron chi connectivity index (χ2n) is 8.90. The van der Waals surface area contributed by atoms with Gasteiger partial charge in [0.2, 0.25) is 0 Å². The minimum Gasteiger partial charge on any atom is -0.477 e. The van der Waals surface area contributed by atoms with E-state index >= 15 is 0 Å². The van der Waals surface area contributed by atoms with Crippen LogP contribution in [-0.2, 0) is 24.2 Å². The van der Waals surface area contributed by atoms with Crippen molar-refractivity contribution in [1.82, 2.24) is 9.88 Å². The number of hydrogen-bond donors (Lipinski definition) is 1. The molecule has 2 aromatic carbocycles. The third kappa shape index (κ3) is 2.76. The number of H-pyrrole nitrogens is 1. The number of fused-ring (bicyclic) bond motifs is 4. The second-order valence-corrected chi connectivity index (χ2v) is 8.90. The maximum atomic E-state index is 13.6. The number of carbonyl (C=O) groups excluding carboxylic acids is 1. The lowest BCUT2D eigenvalue weighted by atomic mass is 9.90. The van der Waals surface area contributed by atoms with Crippen molar-refractivity contribution in [2.45, 2.75) is 52.7 Å². The lowest BCUT2D eigenvalue weighted by Crippen LogP contribution is -2.51. The van der Waals surface area contributed by atoms with Crippen LogP contribution in [0.1, 0.15) is 40.4 Å². The number of nitrogens with one attached hydrogen (secondary N) is 1. The van der Waals surface area contributed by atoms with Gasteiger partial charge in [-0.3, -0.25) is 14.9 Å². The average Bonchev–Trinajstić information content (AvgIpc) is 3.30. The van der Waals surface area contributed by atoms with Crippen LogP contribution in [-0.4, -0.2) is 32.9 Å². The van der Waals surface area contributed by atoms with Crippen molar-refractivity contribution in [2.75, 3.05) is 6.54 Å². The highest BCUT2D eigenvalue weighted by atomic mass is 16.6. The Morgan fingerprint density at radius 3 is 2.65 bits per heavy atom. The first-order chi connectivity index (χ1) is 14.7. The fourth-order valence-electron chi connectivity index (χ4n) is 5.21. The lowest BCUT2D eigenvalue weighted by molar-refractivity contribution is -0.386. The monoisotopic (exact) mass is 419 g/mol. The molecule has 0 saturated heterocycles. The number of ether oxygens (including phenoxy) is 1. The van der Waals surface area contributed by atoms with Gasteiger partial charge in [-0.25, -0.2) is 0 Å². The molecular weight excluding hydrogens is 394 g/mol. The summed E-state index contributed by atoms with van der Waals surface area (Å²) in [5.41, 5.74) is 5.19. The van der Waals surface area contributed by atoms with Crippen molar-refractivity contribution in [3.63, 3.8) is 0 Å². The first kappa shape index (κ1) is 19.6. The van der Waals surface area contributed by atoms with E-state index in [1.54, 1.807) is 20.8 Å². The number of amides is 1. The predicted octanol–water partition coefficient (Wildman–Crippen LogP) is 4.28. The molecule has 1 N–H and O–H groups in total. The zero-order valence-corrected chi connectivity index (χ0v) is 18.2. The number of aromatic amines is 1. The molecule has 1 atom stereocenters. The number of carbonyl (C=O) groups is 1. The molecule has 0 saturated carbocycles. The van der Waals surface area contributed by atoms with Gasteiger partial charge in [-0.15, -0.1) is 0 Å². The van der Waals surface area contributed by atoms with Crippen LogP contribution in [0.3, 0.4) is 0 Å². The Hall–Kier alpha value is -3.35. The van der Waals surface area contributed by atoms with E-state index in [0.29, 0.717) is 36.4 Å². The normalized spacial score (nSPS) is 19.8. The summed E-state index contributed by atoms with van der Waals surface area (Å²) < 4.78 is 6.26. The zero-order valence-electron chi connectivity index (χ0n) is 18.2. The van der Waals surface area contributed by atoms with E-state index < -0.39 is 5.60 Å². The SMILES string of the molecule is Cc1c(C)c([N+](=O)[O-])c(C)c2c1OC(C)(C(=O)N1CCc3c([nH]c4ccccc34)C1)C2. The van der Waals surface area contributed by atoms with E-state index in [4.69, 9.17) is 4.74 Å². The summed E-state index contributed by atoms with van der Waals surface area (Å²) in [6.45, 7) is 8.25. The summed E-state index contributed by atoms with van der Waals surface area (Å²) in [6.07, 6.45) is 1.13. The van der Waals surface area contributed by atoms with E-state index in [9.17, 15) is 14.9 Å². The number of rotatable bonds is 2. The van der Waals surface area contributed by atoms with Crippen molar-refractivity contribution < 1.29 is 14.5 Å².